The molecule has 3 aromatic carbocycles. The summed E-state index contributed by atoms with van der Waals surface area (Å²) in [5.41, 5.74) is 11.1. The molecule has 3 unspecified atom stereocenters. The number of primary amides is 1. The first-order valence-corrected chi connectivity index (χ1v) is 14.4. The van der Waals surface area contributed by atoms with Crippen LogP contribution in [0, 0.1) is 5.92 Å². The molecule has 2 N–H and O–H groups in total. The van der Waals surface area contributed by atoms with Crippen LogP contribution in [0.2, 0.25) is 0 Å². The summed E-state index contributed by atoms with van der Waals surface area (Å²) in [6.45, 7) is 9.21. The molecule has 3 aromatic rings. The van der Waals surface area contributed by atoms with Crippen LogP contribution in [0.25, 0.3) is 0 Å². The first-order valence-electron chi connectivity index (χ1n) is 14.4. The summed E-state index contributed by atoms with van der Waals surface area (Å²) in [4.78, 5) is 17.9. The fourth-order valence-corrected chi connectivity index (χ4v) is 6.98. The van der Waals surface area contributed by atoms with Gasteiger partial charge in [0.1, 0.15) is 5.75 Å². The van der Waals surface area contributed by atoms with Gasteiger partial charge in [-0.15, -0.1) is 0 Å². The lowest BCUT2D eigenvalue weighted by molar-refractivity contribution is -0.128. The van der Waals surface area contributed by atoms with Gasteiger partial charge in [0.2, 0.25) is 5.91 Å². The van der Waals surface area contributed by atoms with E-state index in [9.17, 15) is 4.79 Å². The molecule has 5 heteroatoms. The van der Waals surface area contributed by atoms with Crippen LogP contribution in [-0.2, 0) is 11.3 Å². The van der Waals surface area contributed by atoms with E-state index in [0.29, 0.717) is 18.4 Å². The molecule has 0 saturated carbocycles. The molecule has 3 atom stereocenters. The number of carbonyl (C=O) groups is 1. The van der Waals surface area contributed by atoms with Crippen LogP contribution < -0.4 is 10.5 Å². The predicted molar refractivity (Wildman–Crippen MR) is 158 cm³/mol. The normalized spacial score (nSPS) is 23.4. The lowest BCUT2D eigenvalue weighted by Gasteiger charge is -2.57. The molecule has 0 aliphatic carbocycles. The second-order valence-corrected chi connectivity index (χ2v) is 11.6. The topological polar surface area (TPSA) is 58.8 Å². The quantitative estimate of drug-likeness (QED) is 0.364. The van der Waals surface area contributed by atoms with E-state index in [2.05, 4.69) is 103 Å². The second kappa shape index (κ2) is 11.9. The zero-order chi connectivity index (χ0) is 27.5. The Kier molecular flexibility index (Phi) is 8.39. The van der Waals surface area contributed by atoms with Gasteiger partial charge < -0.3 is 10.5 Å². The van der Waals surface area contributed by atoms with E-state index in [1.165, 1.54) is 16.7 Å². The van der Waals surface area contributed by atoms with Crippen molar-refractivity contribution in [1.29, 1.82) is 0 Å². The van der Waals surface area contributed by atoms with Crippen molar-refractivity contribution in [2.24, 2.45) is 11.7 Å². The number of methoxy groups -OCH3 is 1. The Hall–Kier alpha value is -3.15. The maximum atomic E-state index is 12.9. The van der Waals surface area contributed by atoms with Gasteiger partial charge in [0.25, 0.3) is 0 Å². The van der Waals surface area contributed by atoms with Crippen molar-refractivity contribution >= 4 is 5.91 Å². The van der Waals surface area contributed by atoms with E-state index in [-0.39, 0.29) is 23.9 Å². The average molecular weight is 526 g/mol. The molecule has 0 radical (unpaired) electrons. The number of ether oxygens (including phenoxy) is 1. The SMILES string of the molecule is COc1ccc(C(C)C)cc1CN(C(C)C(N)=O)C1C2CCN(CC2)C1C(c1ccccc1)c1ccccc1. The van der Waals surface area contributed by atoms with Crippen molar-refractivity contribution in [1.82, 2.24) is 9.80 Å². The minimum atomic E-state index is -0.405. The predicted octanol–water partition coefficient (Wildman–Crippen LogP) is 5.79. The summed E-state index contributed by atoms with van der Waals surface area (Å²) in [6.07, 6.45) is 2.28. The van der Waals surface area contributed by atoms with Crippen molar-refractivity contribution in [3.05, 3.63) is 101 Å². The van der Waals surface area contributed by atoms with Crippen molar-refractivity contribution in [3.63, 3.8) is 0 Å². The van der Waals surface area contributed by atoms with E-state index < -0.39 is 6.04 Å². The van der Waals surface area contributed by atoms with E-state index in [1.54, 1.807) is 7.11 Å². The Labute approximate surface area is 234 Å². The van der Waals surface area contributed by atoms with E-state index in [0.717, 1.165) is 37.2 Å². The van der Waals surface area contributed by atoms with Crippen LogP contribution in [0.15, 0.2) is 78.9 Å². The van der Waals surface area contributed by atoms with Gasteiger partial charge in [-0.05, 0) is 67.4 Å². The highest BCUT2D eigenvalue weighted by atomic mass is 16.5. The Bertz CT molecular complexity index is 1200. The molecule has 3 fully saturated rings. The first kappa shape index (κ1) is 27.4. The molecule has 3 saturated heterocycles. The molecule has 0 aromatic heterocycles. The smallest absolute Gasteiger partial charge is 0.234 e. The molecule has 0 spiro atoms. The molecule has 206 valence electrons. The van der Waals surface area contributed by atoms with Crippen molar-refractivity contribution in [3.8, 4) is 5.75 Å². The average Bonchev–Trinajstić information content (AvgIpc) is 2.97. The third-order valence-electron chi connectivity index (χ3n) is 9.10. The van der Waals surface area contributed by atoms with Gasteiger partial charge in [-0.1, -0.05) is 86.6 Å². The van der Waals surface area contributed by atoms with Crippen LogP contribution in [0.4, 0.5) is 0 Å². The first-order chi connectivity index (χ1) is 18.9. The molecule has 2 bridgehead atoms. The number of benzene rings is 3. The molecule has 3 aliphatic rings. The minimum absolute atomic E-state index is 0.174. The van der Waals surface area contributed by atoms with Gasteiger partial charge >= 0.3 is 0 Å². The Morgan fingerprint density at radius 3 is 2.03 bits per heavy atom. The summed E-state index contributed by atoms with van der Waals surface area (Å²) in [7, 11) is 1.73. The number of nitrogens with zero attached hydrogens (tertiary/aromatic N) is 2. The lowest BCUT2D eigenvalue weighted by atomic mass is 9.69. The van der Waals surface area contributed by atoms with Gasteiger partial charge in [-0.3, -0.25) is 14.6 Å². The molecule has 3 aliphatic heterocycles. The largest absolute Gasteiger partial charge is 0.496 e. The van der Waals surface area contributed by atoms with E-state index >= 15 is 0 Å². The van der Waals surface area contributed by atoms with Crippen molar-refractivity contribution < 1.29 is 9.53 Å². The van der Waals surface area contributed by atoms with Gasteiger partial charge in [-0.25, -0.2) is 0 Å². The molecular weight excluding hydrogens is 482 g/mol. The number of piperidine rings is 3. The number of fused-ring (bicyclic) bond motifs is 3. The standard InChI is InChI=1S/C34H43N3O2/c1-23(2)28-15-16-30(39-4)29(21-28)22-37(24(3)34(35)38)32-27-17-19-36(20-18-27)33(32)31(25-11-7-5-8-12-25)26-13-9-6-10-14-26/h5-16,21,23-24,27,31-33H,17-20,22H2,1-4H3,(H2,35,38). The highest BCUT2D eigenvalue weighted by Crippen LogP contribution is 2.45. The molecule has 39 heavy (non-hydrogen) atoms. The van der Waals surface area contributed by atoms with Crippen LogP contribution >= 0.6 is 0 Å². The number of hydrogen-bond donors (Lipinski definition) is 1. The van der Waals surface area contributed by atoms with Crippen molar-refractivity contribution in [2.45, 2.75) is 70.1 Å². The van der Waals surface area contributed by atoms with Crippen LogP contribution in [-0.4, -0.2) is 54.0 Å². The van der Waals surface area contributed by atoms with Gasteiger partial charge in [-0.2, -0.15) is 0 Å². The van der Waals surface area contributed by atoms with E-state index in [4.69, 9.17) is 10.5 Å². The zero-order valence-electron chi connectivity index (χ0n) is 23.8. The van der Waals surface area contributed by atoms with Crippen LogP contribution in [0.5, 0.6) is 5.75 Å². The number of amides is 1. The molecule has 6 rings (SSSR count). The fraction of sp³-hybridized carbons (Fsp3) is 0.441. The van der Waals surface area contributed by atoms with Crippen LogP contribution in [0.1, 0.15) is 67.7 Å². The molecular formula is C34H43N3O2. The minimum Gasteiger partial charge on any atom is -0.496 e. The van der Waals surface area contributed by atoms with Crippen molar-refractivity contribution in [2.75, 3.05) is 20.2 Å². The third-order valence-corrected chi connectivity index (χ3v) is 9.10. The number of hydrogen-bond acceptors (Lipinski definition) is 4. The summed E-state index contributed by atoms with van der Waals surface area (Å²) < 4.78 is 5.83. The lowest BCUT2D eigenvalue weighted by Crippen LogP contribution is -2.67. The highest BCUT2D eigenvalue weighted by molar-refractivity contribution is 5.79. The number of carbonyl (C=O) groups excluding carboxylic acids is 1. The van der Waals surface area contributed by atoms with E-state index in [1.807, 2.05) is 6.92 Å². The third kappa shape index (κ3) is 5.61. The Morgan fingerprint density at radius 2 is 1.51 bits per heavy atom. The molecule has 5 nitrogen and oxygen atoms in total. The van der Waals surface area contributed by atoms with Gasteiger partial charge in [0, 0.05) is 30.1 Å². The summed E-state index contributed by atoms with van der Waals surface area (Å²) in [6, 6.07) is 28.2. The van der Waals surface area contributed by atoms with Crippen LogP contribution in [0.3, 0.4) is 0 Å². The Morgan fingerprint density at radius 1 is 0.923 bits per heavy atom. The number of nitrogens with two attached hydrogens (primary N) is 1. The molecule has 1 amide bonds. The second-order valence-electron chi connectivity index (χ2n) is 11.6. The fourth-order valence-electron chi connectivity index (χ4n) is 6.98. The Balaban J connectivity index is 1.63. The zero-order valence-corrected chi connectivity index (χ0v) is 23.8. The maximum absolute atomic E-state index is 12.9. The summed E-state index contributed by atoms with van der Waals surface area (Å²) in [5.74, 6) is 1.67. The summed E-state index contributed by atoms with van der Waals surface area (Å²) in [5, 5.41) is 0. The maximum Gasteiger partial charge on any atom is 0.234 e. The molecule has 3 heterocycles. The summed E-state index contributed by atoms with van der Waals surface area (Å²) >= 11 is 0. The van der Waals surface area contributed by atoms with Gasteiger partial charge in [0.05, 0.1) is 13.2 Å². The highest BCUT2D eigenvalue weighted by Gasteiger charge is 2.50. The van der Waals surface area contributed by atoms with Gasteiger partial charge in [0.15, 0.2) is 0 Å². The monoisotopic (exact) mass is 525 g/mol. The number of rotatable bonds is 10.